The van der Waals surface area contributed by atoms with Crippen molar-refractivity contribution in [2.75, 3.05) is 19.5 Å². The first-order chi connectivity index (χ1) is 13.8. The van der Waals surface area contributed by atoms with Crippen LogP contribution in [-0.2, 0) is 6.42 Å². The van der Waals surface area contributed by atoms with Crippen LogP contribution in [0.4, 0.5) is 5.69 Å². The van der Waals surface area contributed by atoms with Gasteiger partial charge in [-0.3, -0.25) is 0 Å². The smallest absolute Gasteiger partial charge is 0.125 e. The minimum Gasteiger partial charge on any atom is -0.497 e. The molecule has 0 saturated carbocycles. The van der Waals surface area contributed by atoms with Gasteiger partial charge in [0.15, 0.2) is 0 Å². The second-order valence-corrected chi connectivity index (χ2v) is 6.35. The van der Waals surface area contributed by atoms with Crippen molar-refractivity contribution in [2.24, 2.45) is 0 Å². The Bertz CT molecular complexity index is 924. The third-order valence-corrected chi connectivity index (χ3v) is 4.48. The first-order valence-corrected chi connectivity index (χ1v) is 9.36. The van der Waals surface area contributed by atoms with Crippen LogP contribution in [0.15, 0.2) is 78.9 Å². The third kappa shape index (κ3) is 5.31. The van der Waals surface area contributed by atoms with E-state index in [1.165, 1.54) is 5.56 Å². The lowest BCUT2D eigenvalue weighted by molar-refractivity contribution is 0.409. The van der Waals surface area contributed by atoms with Crippen LogP contribution >= 0.6 is 0 Å². The molecule has 1 N–H and O–H groups in total. The van der Waals surface area contributed by atoms with E-state index >= 15 is 0 Å². The van der Waals surface area contributed by atoms with Gasteiger partial charge < -0.3 is 14.8 Å². The number of ether oxygens (including phenoxy) is 2. The quantitative estimate of drug-likeness (QED) is 0.557. The summed E-state index contributed by atoms with van der Waals surface area (Å²) in [5, 5.41) is 3.51. The molecular weight excluding hydrogens is 346 g/mol. The molecule has 0 aliphatic carbocycles. The lowest BCUT2D eigenvalue weighted by Crippen LogP contribution is -2.10. The number of hydrogen-bond acceptors (Lipinski definition) is 3. The fourth-order valence-electron chi connectivity index (χ4n) is 2.98. The summed E-state index contributed by atoms with van der Waals surface area (Å²) in [6.07, 6.45) is 1.75. The maximum Gasteiger partial charge on any atom is 0.125 e. The molecule has 142 valence electrons. The molecule has 3 nitrogen and oxygen atoms in total. The maximum atomic E-state index is 5.55. The maximum absolute atomic E-state index is 5.55. The van der Waals surface area contributed by atoms with Crippen molar-refractivity contribution in [3.8, 4) is 23.3 Å². The molecule has 1 atom stereocenters. The van der Waals surface area contributed by atoms with E-state index in [0.29, 0.717) is 0 Å². The third-order valence-electron chi connectivity index (χ3n) is 4.48. The SMILES string of the molecule is COc1ccc(N[C@@H](C#CCCc2ccccc2)c2ccccc2OC)cc1. The summed E-state index contributed by atoms with van der Waals surface area (Å²) < 4.78 is 10.8. The van der Waals surface area contributed by atoms with Crippen LogP contribution in [0.25, 0.3) is 0 Å². The van der Waals surface area contributed by atoms with Gasteiger partial charge in [-0.1, -0.05) is 54.5 Å². The zero-order valence-corrected chi connectivity index (χ0v) is 16.3. The van der Waals surface area contributed by atoms with Crippen molar-refractivity contribution in [1.29, 1.82) is 0 Å². The second kappa shape index (κ2) is 10.1. The van der Waals surface area contributed by atoms with Crippen molar-refractivity contribution in [3.63, 3.8) is 0 Å². The van der Waals surface area contributed by atoms with Crippen LogP contribution in [0.5, 0.6) is 11.5 Å². The Hall–Kier alpha value is -3.38. The molecule has 0 aliphatic heterocycles. The number of hydrogen-bond donors (Lipinski definition) is 1. The summed E-state index contributed by atoms with van der Waals surface area (Å²) in [7, 11) is 3.35. The van der Waals surface area contributed by atoms with Gasteiger partial charge in [-0.05, 0) is 42.3 Å². The van der Waals surface area contributed by atoms with Gasteiger partial charge in [0, 0.05) is 17.7 Å². The first kappa shape index (κ1) is 19.4. The molecule has 0 fully saturated rings. The summed E-state index contributed by atoms with van der Waals surface area (Å²) >= 11 is 0. The molecule has 0 heterocycles. The zero-order valence-electron chi connectivity index (χ0n) is 16.3. The van der Waals surface area contributed by atoms with Gasteiger partial charge in [0.25, 0.3) is 0 Å². The number of methoxy groups -OCH3 is 2. The lowest BCUT2D eigenvalue weighted by Gasteiger charge is -2.18. The Balaban J connectivity index is 1.79. The molecular formula is C25H25NO2. The first-order valence-electron chi connectivity index (χ1n) is 9.36. The molecule has 0 aliphatic rings. The predicted octanol–water partition coefficient (Wildman–Crippen LogP) is 5.49. The summed E-state index contributed by atoms with van der Waals surface area (Å²) in [6.45, 7) is 0. The van der Waals surface area contributed by atoms with Crippen LogP contribution in [0.2, 0.25) is 0 Å². The molecule has 0 bridgehead atoms. The van der Waals surface area contributed by atoms with Crippen LogP contribution in [0.1, 0.15) is 23.6 Å². The molecule has 28 heavy (non-hydrogen) atoms. The van der Waals surface area contributed by atoms with Crippen LogP contribution in [0.3, 0.4) is 0 Å². The Morgan fingerprint density at radius 1 is 0.821 bits per heavy atom. The topological polar surface area (TPSA) is 30.5 Å². The van der Waals surface area contributed by atoms with Gasteiger partial charge in [-0.15, -0.1) is 5.92 Å². The fourth-order valence-corrected chi connectivity index (χ4v) is 2.98. The van der Waals surface area contributed by atoms with Gasteiger partial charge in [0.05, 0.1) is 14.2 Å². The largest absolute Gasteiger partial charge is 0.497 e. The van der Waals surface area contributed by atoms with E-state index in [4.69, 9.17) is 9.47 Å². The second-order valence-electron chi connectivity index (χ2n) is 6.35. The number of para-hydroxylation sites is 1. The molecule has 0 amide bonds. The Morgan fingerprint density at radius 3 is 2.25 bits per heavy atom. The summed E-state index contributed by atoms with van der Waals surface area (Å²) in [5.74, 6) is 8.37. The Morgan fingerprint density at radius 2 is 1.54 bits per heavy atom. The Labute approximate surface area is 167 Å². The lowest BCUT2D eigenvalue weighted by atomic mass is 10.0. The molecule has 3 aromatic carbocycles. The molecule has 3 rings (SSSR count). The average Bonchev–Trinajstić information content (AvgIpc) is 2.77. The molecule has 0 saturated heterocycles. The van der Waals surface area contributed by atoms with E-state index in [1.54, 1.807) is 14.2 Å². The summed E-state index contributed by atoms with van der Waals surface area (Å²) in [5.41, 5.74) is 3.30. The van der Waals surface area contributed by atoms with Gasteiger partial charge >= 0.3 is 0 Å². The predicted molar refractivity (Wildman–Crippen MR) is 115 cm³/mol. The van der Waals surface area contributed by atoms with E-state index in [2.05, 4.69) is 41.4 Å². The number of nitrogens with one attached hydrogen (secondary N) is 1. The molecule has 0 radical (unpaired) electrons. The molecule has 0 spiro atoms. The monoisotopic (exact) mass is 371 g/mol. The summed E-state index contributed by atoms with van der Waals surface area (Å²) in [4.78, 5) is 0. The number of rotatable bonds is 7. The van der Waals surface area contributed by atoms with Crippen molar-refractivity contribution >= 4 is 5.69 Å². The highest BCUT2D eigenvalue weighted by atomic mass is 16.5. The minimum atomic E-state index is -0.166. The standard InChI is InChI=1S/C25H25NO2/c1-27-22-18-16-21(17-19-22)26-24(23-13-7-9-15-25(23)28-2)14-8-6-12-20-10-4-3-5-11-20/h3-5,7,9-11,13,15-19,24,26H,6,12H2,1-2H3/t24-/m0/s1. The zero-order chi connectivity index (χ0) is 19.6. The van der Waals surface area contributed by atoms with Gasteiger partial charge in [0.2, 0.25) is 0 Å². The molecule has 3 heteroatoms. The highest BCUT2D eigenvalue weighted by Gasteiger charge is 2.13. The van der Waals surface area contributed by atoms with Gasteiger partial charge in [-0.2, -0.15) is 0 Å². The van der Waals surface area contributed by atoms with E-state index in [-0.39, 0.29) is 6.04 Å². The van der Waals surface area contributed by atoms with Crippen LogP contribution in [-0.4, -0.2) is 14.2 Å². The molecule has 0 aromatic heterocycles. The van der Waals surface area contributed by atoms with Crippen molar-refractivity contribution in [2.45, 2.75) is 18.9 Å². The molecule has 0 unspecified atom stereocenters. The van der Waals surface area contributed by atoms with Gasteiger partial charge in [-0.25, -0.2) is 0 Å². The van der Waals surface area contributed by atoms with Crippen LogP contribution in [0, 0.1) is 11.8 Å². The number of benzene rings is 3. The van der Waals surface area contributed by atoms with Crippen molar-refractivity contribution in [1.82, 2.24) is 0 Å². The average molecular weight is 371 g/mol. The van der Waals surface area contributed by atoms with E-state index in [9.17, 15) is 0 Å². The van der Waals surface area contributed by atoms with Crippen molar-refractivity contribution < 1.29 is 9.47 Å². The highest BCUT2D eigenvalue weighted by molar-refractivity contribution is 5.52. The number of anilines is 1. The van der Waals surface area contributed by atoms with E-state index < -0.39 is 0 Å². The van der Waals surface area contributed by atoms with Gasteiger partial charge in [0.1, 0.15) is 17.5 Å². The Kier molecular flexibility index (Phi) is 6.98. The normalized spacial score (nSPS) is 11.1. The molecule has 3 aromatic rings. The minimum absolute atomic E-state index is 0.166. The number of aryl methyl sites for hydroxylation is 1. The summed E-state index contributed by atoms with van der Waals surface area (Å²) in [6, 6.07) is 26.1. The van der Waals surface area contributed by atoms with Crippen LogP contribution < -0.4 is 14.8 Å². The van der Waals surface area contributed by atoms with E-state index in [1.807, 2.05) is 54.6 Å². The van der Waals surface area contributed by atoms with Crippen molar-refractivity contribution in [3.05, 3.63) is 90.0 Å². The van der Waals surface area contributed by atoms with E-state index in [0.717, 1.165) is 35.6 Å². The highest BCUT2D eigenvalue weighted by Crippen LogP contribution is 2.28. The fraction of sp³-hybridized carbons (Fsp3) is 0.200.